The van der Waals surface area contributed by atoms with E-state index in [1.54, 1.807) is 12.1 Å². The molecule has 0 bridgehead atoms. The van der Waals surface area contributed by atoms with Crippen LogP contribution in [0.2, 0.25) is 5.02 Å². The fraction of sp³-hybridized carbons (Fsp3) is 0.320. The minimum atomic E-state index is -0.174. The first-order valence-electron chi connectivity index (χ1n) is 11.2. The third kappa shape index (κ3) is 4.22. The molecule has 0 spiro atoms. The van der Waals surface area contributed by atoms with Crippen LogP contribution in [0, 0.1) is 0 Å². The van der Waals surface area contributed by atoms with Gasteiger partial charge in [0.1, 0.15) is 10.4 Å². The number of rotatable bonds is 7. The van der Waals surface area contributed by atoms with Crippen molar-refractivity contribution in [2.24, 2.45) is 0 Å². The Bertz CT molecular complexity index is 1360. The van der Waals surface area contributed by atoms with Gasteiger partial charge in [-0.25, -0.2) is 9.90 Å². The first-order chi connectivity index (χ1) is 16.0. The van der Waals surface area contributed by atoms with Crippen molar-refractivity contribution in [1.82, 2.24) is 9.47 Å². The van der Waals surface area contributed by atoms with Crippen LogP contribution >= 0.6 is 22.9 Å². The van der Waals surface area contributed by atoms with Gasteiger partial charge in [-0.05, 0) is 68.0 Å². The number of hydroxylamine groups is 1. The van der Waals surface area contributed by atoms with Crippen molar-refractivity contribution in [2.75, 3.05) is 24.7 Å². The van der Waals surface area contributed by atoms with E-state index in [9.17, 15) is 9.90 Å². The first kappa shape index (κ1) is 22.2. The van der Waals surface area contributed by atoms with E-state index in [4.69, 9.17) is 16.4 Å². The van der Waals surface area contributed by atoms with Crippen LogP contribution in [0.15, 0.2) is 47.3 Å². The summed E-state index contributed by atoms with van der Waals surface area (Å²) >= 11 is 7.80. The van der Waals surface area contributed by atoms with Crippen LogP contribution in [-0.2, 0) is 11.4 Å². The molecule has 2 aromatic carbocycles. The van der Waals surface area contributed by atoms with Gasteiger partial charge in [0.25, 0.3) is 5.56 Å². The maximum Gasteiger partial charge on any atom is 0.269 e. The van der Waals surface area contributed by atoms with E-state index in [0.717, 1.165) is 53.1 Å². The van der Waals surface area contributed by atoms with E-state index >= 15 is 0 Å². The predicted octanol–water partition coefficient (Wildman–Crippen LogP) is 3.12. The molecule has 1 saturated heterocycles. The molecule has 33 heavy (non-hydrogen) atoms. The van der Waals surface area contributed by atoms with Gasteiger partial charge in [-0.1, -0.05) is 37.6 Å². The summed E-state index contributed by atoms with van der Waals surface area (Å²) in [5, 5.41) is 12.1. The van der Waals surface area contributed by atoms with E-state index in [2.05, 4.69) is 18.7 Å². The average Bonchev–Trinajstić information content (AvgIpc) is 3.45. The molecule has 172 valence electrons. The number of halogens is 1. The van der Waals surface area contributed by atoms with Gasteiger partial charge in [-0.2, -0.15) is 0 Å². The van der Waals surface area contributed by atoms with E-state index in [0.29, 0.717) is 16.1 Å². The number of hydrogen-bond donors (Lipinski definition) is 1. The summed E-state index contributed by atoms with van der Waals surface area (Å²) in [5.41, 5.74) is 3.88. The third-order valence-electron chi connectivity index (χ3n) is 6.19. The monoisotopic (exact) mass is 483 g/mol. The Kier molecular flexibility index (Phi) is 6.05. The van der Waals surface area contributed by atoms with Crippen LogP contribution in [0.1, 0.15) is 31.4 Å². The van der Waals surface area contributed by atoms with Crippen molar-refractivity contribution < 1.29 is 9.94 Å². The fourth-order valence-corrected chi connectivity index (χ4v) is 5.72. The molecule has 3 heterocycles. The summed E-state index contributed by atoms with van der Waals surface area (Å²) in [7, 11) is 0. The highest BCUT2D eigenvalue weighted by Gasteiger charge is 2.50. The standard InChI is InChI=1S/C25H26ClN3O3S/c1-3-27(4-2)12-5-13-28-23(31)21(14-16-6-9-18(30)10-7-16)33-25(28)22-19-15-17(26)8-11-20(19)29-24(22)32-29/h6-11,14-15,24,30H,3-5,12-13H2,1-2H3/b21-14+,25-22+. The van der Waals surface area contributed by atoms with E-state index < -0.39 is 0 Å². The Morgan fingerprint density at radius 3 is 2.67 bits per heavy atom. The number of anilines is 1. The summed E-state index contributed by atoms with van der Waals surface area (Å²) < 4.78 is 3.47. The molecule has 1 fully saturated rings. The highest BCUT2D eigenvalue weighted by Crippen LogP contribution is 2.49. The SMILES string of the molecule is CCN(CC)CCCn1c(=O)/c(=C\c2ccc(O)cc2)s/c1=C1\c2cc(Cl)ccc2N2OC12. The zero-order valence-corrected chi connectivity index (χ0v) is 20.2. The van der Waals surface area contributed by atoms with Crippen molar-refractivity contribution in [1.29, 1.82) is 0 Å². The van der Waals surface area contributed by atoms with Crippen LogP contribution in [0.5, 0.6) is 5.75 Å². The van der Waals surface area contributed by atoms with Crippen LogP contribution < -0.4 is 19.8 Å². The molecular formula is C25H26ClN3O3S. The highest BCUT2D eigenvalue weighted by atomic mass is 35.5. The quantitative estimate of drug-likeness (QED) is 0.523. The van der Waals surface area contributed by atoms with Gasteiger partial charge in [0, 0.05) is 22.7 Å². The molecule has 2 aliphatic heterocycles. The number of thiazole rings is 1. The third-order valence-corrected chi connectivity index (χ3v) is 7.57. The van der Waals surface area contributed by atoms with Crippen LogP contribution in [-0.4, -0.2) is 40.4 Å². The average molecular weight is 484 g/mol. The number of phenolic OH excluding ortho intramolecular Hbond substituents is 1. The number of phenols is 1. The number of aromatic hydroxyl groups is 1. The Morgan fingerprint density at radius 2 is 1.94 bits per heavy atom. The van der Waals surface area contributed by atoms with Gasteiger partial charge in [-0.3, -0.25) is 9.36 Å². The summed E-state index contributed by atoms with van der Waals surface area (Å²) in [6.45, 7) is 7.88. The van der Waals surface area contributed by atoms with Gasteiger partial charge in [-0.15, -0.1) is 11.3 Å². The highest BCUT2D eigenvalue weighted by molar-refractivity contribution is 7.07. The normalized spacial score (nSPS) is 18.7. The number of aromatic nitrogens is 1. The maximum absolute atomic E-state index is 13.5. The minimum absolute atomic E-state index is 0.00204. The van der Waals surface area contributed by atoms with E-state index in [-0.39, 0.29) is 17.5 Å². The lowest BCUT2D eigenvalue weighted by molar-refractivity contribution is 0.292. The molecular weight excluding hydrogens is 458 g/mol. The van der Waals surface area contributed by atoms with Crippen molar-refractivity contribution in [3.05, 3.63) is 78.2 Å². The van der Waals surface area contributed by atoms with Gasteiger partial charge in [0.05, 0.1) is 10.2 Å². The molecule has 6 nitrogen and oxygen atoms in total. The number of nitrogens with zero attached hydrogens (tertiary/aromatic N) is 3. The van der Waals surface area contributed by atoms with Crippen molar-refractivity contribution in [2.45, 2.75) is 33.0 Å². The van der Waals surface area contributed by atoms with Crippen LogP contribution in [0.3, 0.4) is 0 Å². The molecule has 1 N–H and O–H groups in total. The second-order valence-electron chi connectivity index (χ2n) is 8.20. The lowest BCUT2D eigenvalue weighted by atomic mass is 10.1. The molecule has 2 aliphatic rings. The van der Waals surface area contributed by atoms with Crippen molar-refractivity contribution in [3.63, 3.8) is 0 Å². The summed E-state index contributed by atoms with van der Waals surface area (Å²) in [4.78, 5) is 21.7. The van der Waals surface area contributed by atoms with Crippen molar-refractivity contribution in [3.8, 4) is 5.75 Å². The molecule has 5 rings (SSSR count). The predicted molar refractivity (Wildman–Crippen MR) is 133 cm³/mol. The molecule has 0 radical (unpaired) electrons. The lowest BCUT2D eigenvalue weighted by Crippen LogP contribution is -2.34. The Labute approximate surface area is 201 Å². The van der Waals surface area contributed by atoms with Gasteiger partial charge >= 0.3 is 0 Å². The Balaban J connectivity index is 1.65. The molecule has 3 aromatic rings. The number of hydrogen-bond acceptors (Lipinski definition) is 6. The van der Waals surface area contributed by atoms with Gasteiger partial charge < -0.3 is 10.0 Å². The van der Waals surface area contributed by atoms with Crippen LogP contribution in [0.4, 0.5) is 5.69 Å². The Morgan fingerprint density at radius 1 is 1.18 bits per heavy atom. The zero-order valence-electron chi connectivity index (χ0n) is 18.6. The number of fused-ring (bicyclic) bond motifs is 3. The minimum Gasteiger partial charge on any atom is -0.508 e. The molecule has 1 unspecified atom stereocenters. The summed E-state index contributed by atoms with van der Waals surface area (Å²) in [6.07, 6.45) is 2.60. The molecule has 0 amide bonds. The van der Waals surface area contributed by atoms with Crippen molar-refractivity contribution >= 4 is 40.3 Å². The molecule has 0 saturated carbocycles. The molecule has 1 aromatic heterocycles. The second-order valence-corrected chi connectivity index (χ2v) is 9.67. The topological polar surface area (TPSA) is 61.0 Å². The maximum atomic E-state index is 13.5. The fourth-order valence-electron chi connectivity index (χ4n) is 4.34. The van der Waals surface area contributed by atoms with E-state index in [1.165, 1.54) is 11.3 Å². The first-order valence-corrected chi connectivity index (χ1v) is 12.4. The summed E-state index contributed by atoms with van der Waals surface area (Å²) in [5.74, 6) is 0.203. The Hall–Kier alpha value is -2.58. The largest absolute Gasteiger partial charge is 0.508 e. The smallest absolute Gasteiger partial charge is 0.269 e. The van der Waals surface area contributed by atoms with Gasteiger partial charge in [0.15, 0.2) is 0 Å². The molecule has 0 aliphatic carbocycles. The molecule has 8 heteroatoms. The summed E-state index contributed by atoms with van der Waals surface area (Å²) in [6, 6.07) is 12.6. The van der Waals surface area contributed by atoms with Crippen LogP contribution in [0.25, 0.3) is 11.6 Å². The lowest BCUT2D eigenvalue weighted by Gasteiger charge is -2.17. The molecule has 1 atom stereocenters. The second kappa shape index (κ2) is 8.99. The van der Waals surface area contributed by atoms with E-state index in [1.807, 2.05) is 46.0 Å². The zero-order chi connectivity index (χ0) is 23.1. The van der Waals surface area contributed by atoms with Gasteiger partial charge in [0.2, 0.25) is 6.23 Å². The number of benzene rings is 2.